The summed E-state index contributed by atoms with van der Waals surface area (Å²) in [5.41, 5.74) is -0.182. The lowest BCUT2D eigenvalue weighted by Gasteiger charge is -2.45. The molecule has 3 aromatic rings. The number of phenolic OH excluding ortho intramolecular Hbond substituents is 2. The van der Waals surface area contributed by atoms with E-state index in [9.17, 15) is 45.6 Å². The molecule has 2 aliphatic heterocycles. The van der Waals surface area contributed by atoms with E-state index < -0.39 is 79.2 Å². The average molecular weight is 579 g/mol. The lowest BCUT2D eigenvalue weighted by atomic mass is 9.97. The zero-order chi connectivity index (χ0) is 29.6. The molecule has 10 atom stereocenters. The molecular weight excluding hydrogens is 548 g/mol. The number of hydrogen-bond donors (Lipinski definition) is 8. The van der Waals surface area contributed by atoms with Crippen molar-refractivity contribution in [2.75, 3.05) is 6.61 Å². The fourth-order valence-electron chi connectivity index (χ4n) is 4.79. The Labute approximate surface area is 231 Å². The summed E-state index contributed by atoms with van der Waals surface area (Å²) in [4.78, 5) is 12.8. The SMILES string of the molecule is C[C@@H]1O[C@@H](O[C@@H]2[C@@H](Oc3cc(O)c4c(=O)cc(-c5ccc(O)cc5)oc4c3)O[C@@H](CO)[C@H](O)[C@H]2O)[C@H](O)[C@H](O)[C@H]1O. The van der Waals surface area contributed by atoms with Crippen LogP contribution in [0.25, 0.3) is 22.3 Å². The van der Waals surface area contributed by atoms with Gasteiger partial charge in [0.25, 0.3) is 0 Å². The Morgan fingerprint density at radius 3 is 2.22 bits per heavy atom. The molecular formula is C27H30O14. The van der Waals surface area contributed by atoms with Gasteiger partial charge in [0.15, 0.2) is 17.8 Å². The van der Waals surface area contributed by atoms with Crippen LogP contribution in [0.2, 0.25) is 0 Å². The van der Waals surface area contributed by atoms with Crippen LogP contribution in [0.1, 0.15) is 6.92 Å². The van der Waals surface area contributed by atoms with Gasteiger partial charge in [-0.2, -0.15) is 0 Å². The van der Waals surface area contributed by atoms with E-state index in [2.05, 4.69) is 0 Å². The minimum absolute atomic E-state index is 0.00857. The van der Waals surface area contributed by atoms with Crippen molar-refractivity contribution in [2.45, 2.75) is 68.3 Å². The molecule has 3 heterocycles. The van der Waals surface area contributed by atoms with Crippen LogP contribution in [-0.4, -0.2) is 109 Å². The smallest absolute Gasteiger partial charge is 0.229 e. The molecule has 2 aliphatic rings. The number of aliphatic hydroxyl groups excluding tert-OH is 6. The molecule has 0 bridgehead atoms. The molecule has 1 aromatic heterocycles. The Hall–Kier alpha value is -3.31. The van der Waals surface area contributed by atoms with Crippen LogP contribution >= 0.6 is 0 Å². The summed E-state index contributed by atoms with van der Waals surface area (Å²) >= 11 is 0. The Bertz CT molecular complexity index is 1420. The van der Waals surface area contributed by atoms with Crippen molar-refractivity contribution in [3.63, 3.8) is 0 Å². The maximum absolute atomic E-state index is 12.8. The van der Waals surface area contributed by atoms with Crippen molar-refractivity contribution < 1.29 is 64.2 Å². The standard InChI is InChI=1S/C27H30O14/c1-10-20(32)22(34)24(36)26(37-10)41-25-23(35)21(33)18(9-28)40-27(25)38-13-6-14(30)19-15(31)8-16(39-17(19)7-13)11-2-4-12(29)5-3-11/h2-8,10,18,20-30,32-36H,9H2,1H3/t10-,18-,20-,21-,22+,23+,24+,25-,26-,27-/m0/s1. The Morgan fingerprint density at radius 2 is 1.54 bits per heavy atom. The third kappa shape index (κ3) is 5.61. The fraction of sp³-hybridized carbons (Fsp3) is 0.444. The fourth-order valence-corrected chi connectivity index (χ4v) is 4.79. The molecule has 2 saturated heterocycles. The van der Waals surface area contributed by atoms with Crippen LogP contribution in [0.3, 0.4) is 0 Å². The van der Waals surface area contributed by atoms with Gasteiger partial charge < -0.3 is 64.2 Å². The largest absolute Gasteiger partial charge is 0.508 e. The van der Waals surface area contributed by atoms with Crippen LogP contribution < -0.4 is 10.2 Å². The number of ether oxygens (including phenoxy) is 4. The summed E-state index contributed by atoms with van der Waals surface area (Å²) in [5.74, 6) is -0.498. The van der Waals surface area contributed by atoms with E-state index in [4.69, 9.17) is 23.4 Å². The van der Waals surface area contributed by atoms with Crippen LogP contribution in [0, 0.1) is 0 Å². The molecule has 8 N–H and O–H groups in total. The number of benzene rings is 2. The van der Waals surface area contributed by atoms with E-state index in [1.807, 2.05) is 0 Å². The van der Waals surface area contributed by atoms with Crippen LogP contribution in [0.15, 0.2) is 51.7 Å². The number of hydrogen-bond acceptors (Lipinski definition) is 14. The molecule has 5 rings (SSSR count). The zero-order valence-electron chi connectivity index (χ0n) is 21.5. The van der Waals surface area contributed by atoms with Gasteiger partial charge in [0.05, 0.1) is 12.7 Å². The Balaban J connectivity index is 1.47. The minimum Gasteiger partial charge on any atom is -0.508 e. The summed E-state index contributed by atoms with van der Waals surface area (Å²) < 4.78 is 28.4. The van der Waals surface area contributed by atoms with Gasteiger partial charge in [0, 0.05) is 23.8 Å². The summed E-state index contributed by atoms with van der Waals surface area (Å²) in [6, 6.07) is 9.38. The van der Waals surface area contributed by atoms with Crippen molar-refractivity contribution in [1.82, 2.24) is 0 Å². The molecule has 2 fully saturated rings. The van der Waals surface area contributed by atoms with Crippen molar-refractivity contribution in [2.24, 2.45) is 0 Å². The molecule has 0 unspecified atom stereocenters. The number of aromatic hydroxyl groups is 2. The molecule has 2 aromatic carbocycles. The molecule has 222 valence electrons. The van der Waals surface area contributed by atoms with Gasteiger partial charge in [-0.3, -0.25) is 4.79 Å². The van der Waals surface area contributed by atoms with Gasteiger partial charge in [0.2, 0.25) is 6.29 Å². The van der Waals surface area contributed by atoms with E-state index in [0.29, 0.717) is 5.56 Å². The first kappa shape index (κ1) is 29.2. The second kappa shape index (κ2) is 11.5. The first-order valence-corrected chi connectivity index (χ1v) is 12.7. The summed E-state index contributed by atoms with van der Waals surface area (Å²) in [5, 5.41) is 81.4. The Morgan fingerprint density at radius 1 is 0.829 bits per heavy atom. The number of rotatable bonds is 6. The van der Waals surface area contributed by atoms with Gasteiger partial charge in [-0.15, -0.1) is 0 Å². The maximum Gasteiger partial charge on any atom is 0.229 e. The monoisotopic (exact) mass is 578 g/mol. The van der Waals surface area contributed by atoms with Crippen LogP contribution in [0.5, 0.6) is 17.2 Å². The second-order valence-electron chi connectivity index (χ2n) is 9.94. The quantitative estimate of drug-likeness (QED) is 0.174. The van der Waals surface area contributed by atoms with E-state index >= 15 is 0 Å². The van der Waals surface area contributed by atoms with Gasteiger partial charge >= 0.3 is 0 Å². The predicted octanol–water partition coefficient (Wildman–Crippen LogP) is -1.10. The molecule has 0 saturated carbocycles. The van der Waals surface area contributed by atoms with Crippen LogP contribution in [0.4, 0.5) is 0 Å². The highest BCUT2D eigenvalue weighted by molar-refractivity contribution is 5.86. The van der Waals surface area contributed by atoms with Gasteiger partial charge in [-0.1, -0.05) is 0 Å². The lowest BCUT2D eigenvalue weighted by molar-refractivity contribution is -0.354. The molecule has 0 radical (unpaired) electrons. The van der Waals surface area contributed by atoms with E-state index in [-0.39, 0.29) is 28.2 Å². The summed E-state index contributed by atoms with van der Waals surface area (Å²) in [6.07, 6.45) is -15.3. The normalized spacial score (nSPS) is 34.0. The molecule has 0 aliphatic carbocycles. The minimum atomic E-state index is -1.76. The topological polar surface area (TPSA) is 229 Å². The zero-order valence-corrected chi connectivity index (χ0v) is 21.5. The first-order valence-electron chi connectivity index (χ1n) is 12.7. The predicted molar refractivity (Wildman–Crippen MR) is 137 cm³/mol. The van der Waals surface area contributed by atoms with E-state index in [0.717, 1.165) is 6.07 Å². The second-order valence-corrected chi connectivity index (χ2v) is 9.94. The summed E-state index contributed by atoms with van der Waals surface area (Å²) in [6.45, 7) is 0.704. The summed E-state index contributed by atoms with van der Waals surface area (Å²) in [7, 11) is 0. The van der Waals surface area contributed by atoms with Crippen molar-refractivity contribution >= 4 is 11.0 Å². The van der Waals surface area contributed by atoms with Crippen molar-refractivity contribution in [1.29, 1.82) is 0 Å². The number of fused-ring (bicyclic) bond motifs is 1. The number of aliphatic hydroxyl groups is 6. The van der Waals surface area contributed by atoms with Gasteiger partial charge in [-0.25, -0.2) is 0 Å². The number of phenols is 2. The third-order valence-corrected chi connectivity index (χ3v) is 7.11. The van der Waals surface area contributed by atoms with Gasteiger partial charge in [0.1, 0.15) is 70.6 Å². The third-order valence-electron chi connectivity index (χ3n) is 7.11. The van der Waals surface area contributed by atoms with E-state index in [1.165, 1.54) is 43.3 Å². The first-order chi connectivity index (χ1) is 19.5. The molecule has 0 spiro atoms. The van der Waals surface area contributed by atoms with Crippen molar-refractivity contribution in [3.05, 3.63) is 52.7 Å². The lowest BCUT2D eigenvalue weighted by Crippen LogP contribution is -2.64. The van der Waals surface area contributed by atoms with Crippen LogP contribution in [-0.2, 0) is 14.2 Å². The molecule has 0 amide bonds. The highest BCUT2D eigenvalue weighted by Crippen LogP contribution is 2.35. The highest BCUT2D eigenvalue weighted by Gasteiger charge is 2.50. The van der Waals surface area contributed by atoms with E-state index in [1.54, 1.807) is 0 Å². The molecule has 14 heteroatoms. The average Bonchev–Trinajstić information content (AvgIpc) is 2.94. The molecule has 14 nitrogen and oxygen atoms in total. The highest BCUT2D eigenvalue weighted by atomic mass is 16.8. The Kier molecular flexibility index (Phi) is 8.20. The van der Waals surface area contributed by atoms with Crippen molar-refractivity contribution in [3.8, 4) is 28.6 Å². The maximum atomic E-state index is 12.8. The van der Waals surface area contributed by atoms with Gasteiger partial charge in [-0.05, 0) is 31.2 Å². The molecule has 41 heavy (non-hydrogen) atoms.